The minimum atomic E-state index is -0.630. The molecule has 3 rings (SSSR count). The number of hydrogen-bond acceptors (Lipinski definition) is 3. The van der Waals surface area contributed by atoms with Crippen molar-refractivity contribution in [3.05, 3.63) is 71.3 Å². The van der Waals surface area contributed by atoms with Gasteiger partial charge in [-0.15, -0.1) is 0 Å². The summed E-state index contributed by atoms with van der Waals surface area (Å²) >= 11 is 0. The maximum absolute atomic E-state index is 12.4. The van der Waals surface area contributed by atoms with Gasteiger partial charge < -0.3 is 10.6 Å². The molecule has 0 bridgehead atoms. The summed E-state index contributed by atoms with van der Waals surface area (Å²) in [6.07, 6.45) is 0.410. The van der Waals surface area contributed by atoms with Gasteiger partial charge in [0.05, 0.1) is 0 Å². The normalized spacial score (nSPS) is 16.5. The lowest BCUT2D eigenvalue weighted by molar-refractivity contribution is -0.132. The molecule has 1 aliphatic rings. The highest BCUT2D eigenvalue weighted by molar-refractivity contribution is 6.06. The van der Waals surface area contributed by atoms with Crippen LogP contribution in [0.25, 0.3) is 0 Å². The first-order valence-electron chi connectivity index (χ1n) is 8.51. The average molecular weight is 351 g/mol. The average Bonchev–Trinajstić information content (AvgIpc) is 2.89. The van der Waals surface area contributed by atoms with Crippen LogP contribution in [-0.2, 0) is 22.6 Å². The first kappa shape index (κ1) is 17.7. The Morgan fingerprint density at radius 2 is 1.73 bits per heavy atom. The number of urea groups is 1. The van der Waals surface area contributed by atoms with E-state index in [2.05, 4.69) is 10.6 Å². The summed E-state index contributed by atoms with van der Waals surface area (Å²) in [5.74, 6) is -0.737. The zero-order valence-electron chi connectivity index (χ0n) is 14.6. The molecular formula is C20H21N3O3. The van der Waals surface area contributed by atoms with E-state index in [4.69, 9.17) is 0 Å². The number of aryl methyl sites for hydroxylation is 1. The lowest BCUT2D eigenvalue weighted by atomic mass is 10.1. The van der Waals surface area contributed by atoms with Crippen molar-refractivity contribution >= 4 is 17.8 Å². The van der Waals surface area contributed by atoms with Crippen LogP contribution in [0.4, 0.5) is 4.79 Å². The molecule has 0 saturated carbocycles. The smallest absolute Gasteiger partial charge is 0.325 e. The molecule has 6 nitrogen and oxygen atoms in total. The van der Waals surface area contributed by atoms with Gasteiger partial charge in [0.2, 0.25) is 5.91 Å². The summed E-state index contributed by atoms with van der Waals surface area (Å²) in [7, 11) is 0. The van der Waals surface area contributed by atoms with E-state index in [1.54, 1.807) is 0 Å². The van der Waals surface area contributed by atoms with Gasteiger partial charge in [-0.1, -0.05) is 60.2 Å². The molecule has 1 aliphatic heterocycles. The number of nitrogens with zero attached hydrogens (tertiary/aromatic N) is 1. The molecule has 0 aliphatic carbocycles. The van der Waals surface area contributed by atoms with E-state index in [9.17, 15) is 14.4 Å². The molecule has 26 heavy (non-hydrogen) atoms. The van der Waals surface area contributed by atoms with Crippen LogP contribution in [0.2, 0.25) is 0 Å². The molecule has 2 aromatic rings. The highest BCUT2D eigenvalue weighted by atomic mass is 16.2. The van der Waals surface area contributed by atoms with Crippen LogP contribution in [0, 0.1) is 6.92 Å². The van der Waals surface area contributed by atoms with Crippen LogP contribution in [-0.4, -0.2) is 35.3 Å². The van der Waals surface area contributed by atoms with Gasteiger partial charge in [-0.25, -0.2) is 4.79 Å². The second kappa shape index (κ2) is 7.82. The third-order valence-electron chi connectivity index (χ3n) is 4.30. The van der Waals surface area contributed by atoms with E-state index in [0.717, 1.165) is 21.6 Å². The predicted molar refractivity (Wildman–Crippen MR) is 97.2 cm³/mol. The number of hydrogen-bond donors (Lipinski definition) is 2. The van der Waals surface area contributed by atoms with E-state index < -0.39 is 12.1 Å². The molecule has 1 fully saturated rings. The second-order valence-corrected chi connectivity index (χ2v) is 6.38. The number of carbonyl (C=O) groups is 3. The molecule has 0 aromatic heterocycles. The van der Waals surface area contributed by atoms with Crippen molar-refractivity contribution in [2.75, 3.05) is 6.54 Å². The number of amides is 4. The molecule has 1 atom stereocenters. The van der Waals surface area contributed by atoms with Crippen molar-refractivity contribution in [1.29, 1.82) is 0 Å². The molecule has 1 unspecified atom stereocenters. The molecule has 1 heterocycles. The number of nitrogens with one attached hydrogen (secondary N) is 2. The van der Waals surface area contributed by atoms with Crippen LogP contribution in [0.3, 0.4) is 0 Å². The van der Waals surface area contributed by atoms with Gasteiger partial charge in [-0.3, -0.25) is 14.5 Å². The minimum absolute atomic E-state index is 0.276. The van der Waals surface area contributed by atoms with Gasteiger partial charge in [0.1, 0.15) is 12.6 Å². The number of benzene rings is 2. The van der Waals surface area contributed by atoms with Gasteiger partial charge >= 0.3 is 6.03 Å². The Hall–Kier alpha value is -3.15. The number of carbonyl (C=O) groups excluding carboxylic acids is 3. The van der Waals surface area contributed by atoms with E-state index in [1.807, 2.05) is 61.5 Å². The van der Waals surface area contributed by atoms with Gasteiger partial charge in [-0.05, 0) is 18.1 Å². The fourth-order valence-corrected chi connectivity index (χ4v) is 2.82. The van der Waals surface area contributed by atoms with Crippen LogP contribution in [0.5, 0.6) is 0 Å². The van der Waals surface area contributed by atoms with E-state index in [-0.39, 0.29) is 18.4 Å². The van der Waals surface area contributed by atoms with Crippen molar-refractivity contribution in [3.63, 3.8) is 0 Å². The summed E-state index contributed by atoms with van der Waals surface area (Å²) < 4.78 is 0. The molecule has 2 N–H and O–H groups in total. The third kappa shape index (κ3) is 4.27. The van der Waals surface area contributed by atoms with Crippen LogP contribution >= 0.6 is 0 Å². The van der Waals surface area contributed by atoms with E-state index in [0.29, 0.717) is 13.0 Å². The lowest BCUT2D eigenvalue weighted by Crippen LogP contribution is -2.41. The lowest BCUT2D eigenvalue weighted by Gasteiger charge is -2.13. The van der Waals surface area contributed by atoms with Gasteiger partial charge in [0, 0.05) is 13.0 Å². The number of imide groups is 1. The topological polar surface area (TPSA) is 78.5 Å². The summed E-state index contributed by atoms with van der Waals surface area (Å²) in [4.78, 5) is 37.6. The first-order chi connectivity index (χ1) is 12.5. The highest BCUT2D eigenvalue weighted by Crippen LogP contribution is 2.12. The molecule has 1 saturated heterocycles. The Morgan fingerprint density at radius 3 is 2.42 bits per heavy atom. The van der Waals surface area contributed by atoms with Gasteiger partial charge in [-0.2, -0.15) is 0 Å². The quantitative estimate of drug-likeness (QED) is 0.779. The maximum Gasteiger partial charge on any atom is 0.325 e. The van der Waals surface area contributed by atoms with Crippen LogP contribution in [0.15, 0.2) is 54.6 Å². The largest absolute Gasteiger partial charge is 0.350 e. The molecular weight excluding hydrogens is 330 g/mol. The van der Waals surface area contributed by atoms with Crippen molar-refractivity contribution in [2.45, 2.75) is 25.9 Å². The molecule has 134 valence electrons. The minimum Gasteiger partial charge on any atom is -0.350 e. The molecule has 6 heteroatoms. The summed E-state index contributed by atoms with van der Waals surface area (Å²) in [5, 5.41) is 5.38. The van der Waals surface area contributed by atoms with Gasteiger partial charge in [0.25, 0.3) is 5.91 Å². The Kier molecular flexibility index (Phi) is 5.31. The zero-order chi connectivity index (χ0) is 18.5. The second-order valence-electron chi connectivity index (χ2n) is 6.38. The Bertz CT molecular complexity index is 803. The Labute approximate surface area is 152 Å². The molecule has 0 radical (unpaired) electrons. The SMILES string of the molecule is Cc1ccc(CNC(=O)CN2C(=O)NC(Cc3ccccc3)C2=O)cc1. The zero-order valence-corrected chi connectivity index (χ0v) is 14.6. The monoisotopic (exact) mass is 351 g/mol. The molecule has 4 amide bonds. The molecule has 0 spiro atoms. The highest BCUT2D eigenvalue weighted by Gasteiger charge is 2.38. The first-order valence-corrected chi connectivity index (χ1v) is 8.51. The maximum atomic E-state index is 12.4. The number of rotatable bonds is 6. The van der Waals surface area contributed by atoms with Crippen molar-refractivity contribution in [3.8, 4) is 0 Å². The van der Waals surface area contributed by atoms with Crippen LogP contribution in [0.1, 0.15) is 16.7 Å². The molecule has 2 aromatic carbocycles. The van der Waals surface area contributed by atoms with Crippen molar-refractivity contribution < 1.29 is 14.4 Å². The van der Waals surface area contributed by atoms with Crippen molar-refractivity contribution in [1.82, 2.24) is 15.5 Å². The fourth-order valence-electron chi connectivity index (χ4n) is 2.82. The predicted octanol–water partition coefficient (Wildman–Crippen LogP) is 1.77. The van der Waals surface area contributed by atoms with Gasteiger partial charge in [0.15, 0.2) is 0 Å². The van der Waals surface area contributed by atoms with E-state index in [1.165, 1.54) is 0 Å². The third-order valence-corrected chi connectivity index (χ3v) is 4.30. The van der Waals surface area contributed by atoms with Crippen molar-refractivity contribution in [2.24, 2.45) is 0 Å². The standard InChI is InChI=1S/C20H21N3O3/c1-14-7-9-16(10-8-14)12-21-18(24)13-23-19(25)17(22-20(23)26)11-15-5-3-2-4-6-15/h2-10,17H,11-13H2,1H3,(H,21,24)(H,22,26). The summed E-state index contributed by atoms with van der Waals surface area (Å²) in [6, 6.07) is 16.1. The summed E-state index contributed by atoms with van der Waals surface area (Å²) in [5.41, 5.74) is 3.06. The van der Waals surface area contributed by atoms with Crippen LogP contribution < -0.4 is 10.6 Å². The summed E-state index contributed by atoms with van der Waals surface area (Å²) in [6.45, 7) is 2.07. The Balaban J connectivity index is 1.53. The Morgan fingerprint density at radius 1 is 1.04 bits per heavy atom. The fraction of sp³-hybridized carbons (Fsp3) is 0.250. The van der Waals surface area contributed by atoms with E-state index >= 15 is 0 Å².